The van der Waals surface area contributed by atoms with Crippen molar-refractivity contribution < 1.29 is 19.1 Å². The average molecular weight is 221 g/mol. The minimum Gasteiger partial charge on any atom is -0.490 e. The molecule has 1 rings (SSSR count). The van der Waals surface area contributed by atoms with E-state index < -0.39 is 5.91 Å². The number of carbonyl (C=O) groups excluding carboxylic acids is 2. The number of nitrogens with zero attached hydrogens (tertiary/aromatic N) is 1. The fourth-order valence-electron chi connectivity index (χ4n) is 1.07. The van der Waals surface area contributed by atoms with E-state index in [9.17, 15) is 9.59 Å². The zero-order chi connectivity index (χ0) is 11.8. The van der Waals surface area contributed by atoms with Gasteiger partial charge < -0.3 is 9.47 Å². The zero-order valence-electron chi connectivity index (χ0n) is 8.80. The van der Waals surface area contributed by atoms with Crippen molar-refractivity contribution in [2.24, 2.45) is 4.99 Å². The predicted octanol–water partition coefficient (Wildman–Crippen LogP) is 1.33. The van der Waals surface area contributed by atoms with E-state index in [1.165, 1.54) is 0 Å². The van der Waals surface area contributed by atoms with Crippen LogP contribution in [0, 0.1) is 0 Å². The van der Waals surface area contributed by atoms with Crippen LogP contribution in [0.1, 0.15) is 6.92 Å². The van der Waals surface area contributed by atoms with Crippen LogP contribution in [0.3, 0.4) is 0 Å². The number of aliphatic imine (C=N–C) groups is 1. The van der Waals surface area contributed by atoms with E-state index in [0.717, 1.165) is 6.08 Å². The van der Waals surface area contributed by atoms with E-state index in [1.807, 2.05) is 6.92 Å². The molecule has 0 saturated heterocycles. The third-order valence-corrected chi connectivity index (χ3v) is 1.67. The predicted molar refractivity (Wildman–Crippen MR) is 56.2 cm³/mol. The average Bonchev–Trinajstić information content (AvgIpc) is 2.29. The van der Waals surface area contributed by atoms with Gasteiger partial charge in [-0.15, -0.1) is 4.99 Å². The van der Waals surface area contributed by atoms with Gasteiger partial charge in [0.2, 0.25) is 6.08 Å². The molecular formula is C11H11NO4. The van der Waals surface area contributed by atoms with Crippen molar-refractivity contribution in [3.8, 4) is 11.5 Å². The summed E-state index contributed by atoms with van der Waals surface area (Å²) in [5.74, 6) is 0.313. The molecule has 0 N–H and O–H groups in total. The molecule has 0 fully saturated rings. The van der Waals surface area contributed by atoms with Crippen molar-refractivity contribution in [3.63, 3.8) is 0 Å². The second kappa shape index (κ2) is 6.37. The Labute approximate surface area is 92.7 Å². The van der Waals surface area contributed by atoms with Gasteiger partial charge in [-0.2, -0.15) is 0 Å². The first kappa shape index (κ1) is 11.9. The number of isocyanates is 1. The Balaban J connectivity index is 2.65. The molecule has 1 amide bonds. The summed E-state index contributed by atoms with van der Waals surface area (Å²) < 4.78 is 10.4. The first-order valence-corrected chi connectivity index (χ1v) is 4.73. The highest BCUT2D eigenvalue weighted by Gasteiger charge is 2.05. The van der Waals surface area contributed by atoms with E-state index in [-0.39, 0.29) is 6.61 Å². The summed E-state index contributed by atoms with van der Waals surface area (Å²) in [7, 11) is 0. The molecule has 0 aliphatic rings. The van der Waals surface area contributed by atoms with Crippen molar-refractivity contribution in [3.05, 3.63) is 24.3 Å². The van der Waals surface area contributed by atoms with Crippen LogP contribution in [0.25, 0.3) is 0 Å². The van der Waals surface area contributed by atoms with Crippen LogP contribution in [0.4, 0.5) is 0 Å². The van der Waals surface area contributed by atoms with Crippen LogP contribution in [0.5, 0.6) is 11.5 Å². The number of para-hydroxylation sites is 2. The standard InChI is InChI=1S/C11H11NO4/c1-2-15-9-5-3-4-6-10(9)16-7-11(14)12-8-13/h3-6H,2,7H2,1H3. The summed E-state index contributed by atoms with van der Waals surface area (Å²) in [4.78, 5) is 23.6. The van der Waals surface area contributed by atoms with Gasteiger partial charge in [0.1, 0.15) is 0 Å². The Bertz CT molecular complexity index is 410. The highest BCUT2D eigenvalue weighted by molar-refractivity contribution is 5.82. The second-order valence-corrected chi connectivity index (χ2v) is 2.77. The van der Waals surface area contributed by atoms with Gasteiger partial charge in [-0.25, -0.2) is 4.79 Å². The van der Waals surface area contributed by atoms with E-state index in [0.29, 0.717) is 18.1 Å². The van der Waals surface area contributed by atoms with Gasteiger partial charge in [0.15, 0.2) is 18.1 Å². The van der Waals surface area contributed by atoms with Crippen molar-refractivity contribution in [2.75, 3.05) is 13.2 Å². The van der Waals surface area contributed by atoms with Crippen LogP contribution in [0.15, 0.2) is 29.3 Å². The first-order valence-electron chi connectivity index (χ1n) is 4.73. The lowest BCUT2D eigenvalue weighted by Gasteiger charge is -2.09. The molecule has 0 aliphatic heterocycles. The lowest BCUT2D eigenvalue weighted by Crippen LogP contribution is -2.09. The van der Waals surface area contributed by atoms with E-state index in [1.54, 1.807) is 24.3 Å². The molecule has 5 heteroatoms. The molecule has 0 aliphatic carbocycles. The van der Waals surface area contributed by atoms with Crippen molar-refractivity contribution >= 4 is 12.0 Å². The largest absolute Gasteiger partial charge is 0.490 e. The first-order chi connectivity index (χ1) is 7.77. The maximum Gasteiger partial charge on any atom is 0.294 e. The van der Waals surface area contributed by atoms with Gasteiger partial charge in [-0.05, 0) is 19.1 Å². The van der Waals surface area contributed by atoms with Crippen molar-refractivity contribution in [1.29, 1.82) is 0 Å². The molecule has 0 heterocycles. The molecule has 0 atom stereocenters. The minimum absolute atomic E-state index is 0.306. The summed E-state index contributed by atoms with van der Waals surface area (Å²) in [6, 6.07) is 6.95. The van der Waals surface area contributed by atoms with Gasteiger partial charge in [-0.3, -0.25) is 4.79 Å². The molecule has 0 saturated carbocycles. The SMILES string of the molecule is CCOc1ccccc1OCC(=O)N=C=O. The van der Waals surface area contributed by atoms with Gasteiger partial charge in [0.05, 0.1) is 6.61 Å². The lowest BCUT2D eigenvalue weighted by molar-refractivity contribution is -0.119. The van der Waals surface area contributed by atoms with Gasteiger partial charge in [0.25, 0.3) is 5.91 Å². The minimum atomic E-state index is -0.679. The van der Waals surface area contributed by atoms with Crippen LogP contribution in [0.2, 0.25) is 0 Å². The fourth-order valence-corrected chi connectivity index (χ4v) is 1.07. The Morgan fingerprint density at radius 1 is 1.31 bits per heavy atom. The molecule has 5 nitrogen and oxygen atoms in total. The highest BCUT2D eigenvalue weighted by atomic mass is 16.5. The summed E-state index contributed by atoms with van der Waals surface area (Å²) in [5.41, 5.74) is 0. The normalized spacial score (nSPS) is 9.06. The van der Waals surface area contributed by atoms with Crippen LogP contribution in [-0.4, -0.2) is 25.2 Å². The van der Waals surface area contributed by atoms with E-state index in [2.05, 4.69) is 4.99 Å². The van der Waals surface area contributed by atoms with E-state index in [4.69, 9.17) is 9.47 Å². The Kier molecular flexibility index (Phi) is 4.76. The maximum atomic E-state index is 10.9. The number of carbonyl (C=O) groups is 1. The second-order valence-electron chi connectivity index (χ2n) is 2.77. The summed E-state index contributed by atoms with van der Waals surface area (Å²) >= 11 is 0. The Hall–Kier alpha value is -2.13. The van der Waals surface area contributed by atoms with Crippen molar-refractivity contribution in [1.82, 2.24) is 0 Å². The molecule has 0 bridgehead atoms. The van der Waals surface area contributed by atoms with Crippen molar-refractivity contribution in [2.45, 2.75) is 6.92 Å². The number of hydrogen-bond donors (Lipinski definition) is 0. The summed E-state index contributed by atoms with van der Waals surface area (Å²) in [5, 5.41) is 0. The Morgan fingerprint density at radius 2 is 1.94 bits per heavy atom. The molecule has 84 valence electrons. The van der Waals surface area contributed by atoms with Gasteiger partial charge >= 0.3 is 0 Å². The lowest BCUT2D eigenvalue weighted by atomic mass is 10.3. The van der Waals surface area contributed by atoms with Crippen LogP contribution >= 0.6 is 0 Å². The molecule has 1 aromatic carbocycles. The smallest absolute Gasteiger partial charge is 0.294 e. The summed E-state index contributed by atoms with van der Waals surface area (Å²) in [6.07, 6.45) is 1.16. The topological polar surface area (TPSA) is 65.0 Å². The molecule has 0 spiro atoms. The van der Waals surface area contributed by atoms with Crippen LogP contribution in [-0.2, 0) is 9.59 Å². The number of rotatable bonds is 5. The molecule has 0 unspecified atom stereocenters. The Morgan fingerprint density at radius 3 is 2.50 bits per heavy atom. The number of amides is 1. The molecule has 1 aromatic rings. The molecular weight excluding hydrogens is 210 g/mol. The fraction of sp³-hybridized carbons (Fsp3) is 0.273. The number of ether oxygens (including phenoxy) is 2. The summed E-state index contributed by atoms with van der Waals surface area (Å²) in [6.45, 7) is 2.04. The molecule has 0 aromatic heterocycles. The monoisotopic (exact) mass is 221 g/mol. The third kappa shape index (κ3) is 3.55. The van der Waals surface area contributed by atoms with Gasteiger partial charge in [0, 0.05) is 0 Å². The third-order valence-electron chi connectivity index (χ3n) is 1.67. The van der Waals surface area contributed by atoms with Gasteiger partial charge in [-0.1, -0.05) is 12.1 Å². The molecule has 16 heavy (non-hydrogen) atoms. The molecule has 0 radical (unpaired) electrons. The van der Waals surface area contributed by atoms with E-state index >= 15 is 0 Å². The maximum absolute atomic E-state index is 10.9. The number of benzene rings is 1. The zero-order valence-corrected chi connectivity index (χ0v) is 8.80. The number of hydrogen-bond acceptors (Lipinski definition) is 4. The highest BCUT2D eigenvalue weighted by Crippen LogP contribution is 2.26. The van der Waals surface area contributed by atoms with Crippen LogP contribution < -0.4 is 9.47 Å². The quantitative estimate of drug-likeness (QED) is 0.555.